The minimum Gasteiger partial charge on any atom is -0.487 e. The van der Waals surface area contributed by atoms with E-state index >= 15 is 0 Å². The molecule has 0 saturated carbocycles. The molecule has 0 radical (unpaired) electrons. The first kappa shape index (κ1) is 29.8. The summed E-state index contributed by atoms with van der Waals surface area (Å²) in [6.07, 6.45) is 5.03. The monoisotopic (exact) mass is 600 g/mol. The summed E-state index contributed by atoms with van der Waals surface area (Å²) in [5.74, 6) is -2.61. The summed E-state index contributed by atoms with van der Waals surface area (Å²) in [5, 5.41) is 17.9. The number of para-hydroxylation sites is 2. The van der Waals surface area contributed by atoms with E-state index in [2.05, 4.69) is 39.4 Å². The summed E-state index contributed by atoms with van der Waals surface area (Å²) in [4.78, 5) is 36.1. The molecule has 2 spiro atoms. The maximum absolute atomic E-state index is 13.1. The van der Waals surface area contributed by atoms with Crippen molar-refractivity contribution in [2.24, 2.45) is 0 Å². The molecule has 4 heterocycles. The van der Waals surface area contributed by atoms with Crippen molar-refractivity contribution >= 4 is 33.6 Å². The largest absolute Gasteiger partial charge is 0.487 e. The molecular formula is C29H36N4O8S. The Balaban J connectivity index is 0.000000535. The Morgan fingerprint density at radius 1 is 0.905 bits per heavy atom. The van der Waals surface area contributed by atoms with E-state index in [1.807, 2.05) is 30.3 Å². The third-order valence-corrected chi connectivity index (χ3v) is 10.2. The van der Waals surface area contributed by atoms with Crippen LogP contribution in [-0.4, -0.2) is 95.9 Å². The lowest BCUT2D eigenvalue weighted by atomic mass is 9.78. The number of hydrogen-bond donors (Lipinski definition) is 3. The average Bonchev–Trinajstić information content (AvgIpc) is 3.28. The molecule has 0 aliphatic carbocycles. The highest BCUT2D eigenvalue weighted by atomic mass is 32.2. The molecule has 226 valence electrons. The molecule has 13 heteroatoms. The number of nitrogens with one attached hydrogen (secondary N) is 1. The van der Waals surface area contributed by atoms with Crippen LogP contribution in [0.15, 0.2) is 54.6 Å². The number of nitrogens with zero attached hydrogens (tertiary/aromatic N) is 3. The Morgan fingerprint density at radius 3 is 2.10 bits per heavy atom. The number of carbonyl (C=O) groups excluding carboxylic acids is 1. The average molecular weight is 601 g/mol. The van der Waals surface area contributed by atoms with Gasteiger partial charge in [0.05, 0.1) is 12.9 Å². The number of fused-ring (bicyclic) bond motifs is 1. The number of piperidine rings is 2. The first-order valence-corrected chi connectivity index (χ1v) is 15.8. The highest BCUT2D eigenvalue weighted by molar-refractivity contribution is 7.88. The summed E-state index contributed by atoms with van der Waals surface area (Å²) < 4.78 is 32.3. The van der Waals surface area contributed by atoms with E-state index in [1.165, 1.54) is 11.8 Å². The Kier molecular flexibility index (Phi) is 8.19. The fraction of sp³-hybridized carbons (Fsp3) is 0.483. The Labute approximate surface area is 244 Å². The van der Waals surface area contributed by atoms with E-state index in [0.717, 1.165) is 43.8 Å². The van der Waals surface area contributed by atoms with Crippen molar-refractivity contribution in [3.05, 3.63) is 60.2 Å². The van der Waals surface area contributed by atoms with Crippen molar-refractivity contribution in [1.29, 1.82) is 0 Å². The Hall–Kier alpha value is -3.68. The number of carboxylic acids is 2. The number of sulfonamides is 1. The van der Waals surface area contributed by atoms with Gasteiger partial charge in [0, 0.05) is 62.7 Å². The van der Waals surface area contributed by atoms with Crippen LogP contribution in [0.2, 0.25) is 0 Å². The van der Waals surface area contributed by atoms with E-state index in [-0.39, 0.29) is 17.6 Å². The molecule has 12 nitrogen and oxygen atoms in total. The van der Waals surface area contributed by atoms with Crippen LogP contribution in [0.4, 0.5) is 5.69 Å². The van der Waals surface area contributed by atoms with Gasteiger partial charge in [-0.25, -0.2) is 22.3 Å². The first-order chi connectivity index (χ1) is 19.9. The van der Waals surface area contributed by atoms with Crippen molar-refractivity contribution in [3.8, 4) is 5.75 Å². The van der Waals surface area contributed by atoms with Crippen molar-refractivity contribution < 1.29 is 37.8 Å². The van der Waals surface area contributed by atoms with E-state index in [4.69, 9.17) is 24.5 Å². The molecule has 4 aliphatic rings. The topological polar surface area (TPSA) is 157 Å². The summed E-state index contributed by atoms with van der Waals surface area (Å²) in [5.41, 5.74) is 1.40. The van der Waals surface area contributed by atoms with Crippen LogP contribution in [0, 0.1) is 0 Å². The van der Waals surface area contributed by atoms with Gasteiger partial charge in [0.15, 0.2) is 0 Å². The standard InChI is InChI=1S/C27H34N4O4S.C2H2O4/c1-36(33,34)30-17-11-26(12-18-30)19-23(22-9-5-6-10-24(22)35-26)29-15-13-27(14-16-29)25(32)28-20-31(27)21-7-3-2-4-8-21;3-1(4)2(5)6/h2-10,23H,11-20H2,1H3,(H,28,32);(H,3,4)(H,5,6). The molecule has 1 amide bonds. The smallest absolute Gasteiger partial charge is 0.414 e. The molecular weight excluding hydrogens is 564 g/mol. The van der Waals surface area contributed by atoms with Crippen LogP contribution in [0.3, 0.4) is 0 Å². The van der Waals surface area contributed by atoms with Crippen LogP contribution >= 0.6 is 0 Å². The van der Waals surface area contributed by atoms with E-state index < -0.39 is 27.5 Å². The number of likely N-dealkylation sites (tertiary alicyclic amines) is 1. The molecule has 42 heavy (non-hydrogen) atoms. The second-order valence-electron chi connectivity index (χ2n) is 11.3. The van der Waals surface area contributed by atoms with E-state index in [1.54, 1.807) is 4.31 Å². The van der Waals surface area contributed by atoms with Crippen molar-refractivity contribution in [2.45, 2.75) is 49.3 Å². The summed E-state index contributed by atoms with van der Waals surface area (Å²) in [6, 6.07) is 18.7. The number of hydrogen-bond acceptors (Lipinski definition) is 8. The maximum Gasteiger partial charge on any atom is 0.414 e. The number of rotatable bonds is 3. The van der Waals surface area contributed by atoms with Gasteiger partial charge in [-0.05, 0) is 31.0 Å². The SMILES string of the molecule is CS(=O)(=O)N1CCC2(CC1)CC(N1CCC3(CC1)C(=O)NCN3c1ccccc1)c1ccccc1O2.O=C(O)C(=O)O. The lowest BCUT2D eigenvalue weighted by Crippen LogP contribution is -2.58. The fourth-order valence-corrected chi connectivity index (χ4v) is 7.53. The molecule has 0 bridgehead atoms. The predicted octanol–water partition coefficient (Wildman–Crippen LogP) is 1.89. The van der Waals surface area contributed by atoms with Gasteiger partial charge in [0.25, 0.3) is 0 Å². The highest BCUT2D eigenvalue weighted by Gasteiger charge is 2.52. The van der Waals surface area contributed by atoms with Crippen molar-refractivity contribution in [1.82, 2.24) is 14.5 Å². The Bertz CT molecular complexity index is 1420. The van der Waals surface area contributed by atoms with Gasteiger partial charge in [-0.15, -0.1) is 0 Å². The summed E-state index contributed by atoms with van der Waals surface area (Å²) in [7, 11) is -3.20. The van der Waals surface area contributed by atoms with Crippen LogP contribution in [-0.2, 0) is 24.4 Å². The third kappa shape index (κ3) is 5.81. The zero-order valence-corrected chi connectivity index (χ0v) is 24.3. The van der Waals surface area contributed by atoms with Crippen LogP contribution < -0.4 is 15.0 Å². The maximum atomic E-state index is 13.1. The summed E-state index contributed by atoms with van der Waals surface area (Å²) >= 11 is 0. The van der Waals surface area contributed by atoms with Crippen molar-refractivity contribution in [2.75, 3.05) is 44.0 Å². The number of carbonyl (C=O) groups is 3. The molecule has 3 N–H and O–H groups in total. The highest BCUT2D eigenvalue weighted by Crippen LogP contribution is 2.48. The summed E-state index contributed by atoms with van der Waals surface area (Å²) in [6.45, 7) is 3.16. The molecule has 1 atom stereocenters. The lowest BCUT2D eigenvalue weighted by Gasteiger charge is -2.51. The second-order valence-corrected chi connectivity index (χ2v) is 13.3. The van der Waals surface area contributed by atoms with Crippen LogP contribution in [0.25, 0.3) is 0 Å². The zero-order chi connectivity index (χ0) is 30.1. The van der Waals surface area contributed by atoms with Gasteiger partial charge < -0.3 is 25.2 Å². The number of aliphatic carboxylic acids is 2. The number of carboxylic acid groups (broad SMARTS) is 2. The van der Waals surface area contributed by atoms with E-state index in [0.29, 0.717) is 32.6 Å². The van der Waals surface area contributed by atoms with Crippen molar-refractivity contribution in [3.63, 3.8) is 0 Å². The minimum absolute atomic E-state index is 0.128. The predicted molar refractivity (Wildman–Crippen MR) is 154 cm³/mol. The molecule has 0 aromatic heterocycles. The number of ether oxygens (including phenoxy) is 1. The number of anilines is 1. The molecule has 3 fully saturated rings. The zero-order valence-electron chi connectivity index (χ0n) is 23.4. The molecule has 1 unspecified atom stereocenters. The second kappa shape index (κ2) is 11.5. The van der Waals surface area contributed by atoms with Gasteiger partial charge in [-0.2, -0.15) is 0 Å². The van der Waals surface area contributed by atoms with Gasteiger partial charge in [-0.3, -0.25) is 9.69 Å². The molecule has 2 aromatic carbocycles. The molecule has 3 saturated heterocycles. The Morgan fingerprint density at radius 2 is 1.50 bits per heavy atom. The number of benzene rings is 2. The van der Waals surface area contributed by atoms with E-state index in [9.17, 15) is 13.2 Å². The normalized spacial score (nSPS) is 23.3. The van der Waals surface area contributed by atoms with Crippen LogP contribution in [0.5, 0.6) is 5.75 Å². The molecule has 2 aromatic rings. The van der Waals surface area contributed by atoms with Crippen LogP contribution in [0.1, 0.15) is 43.7 Å². The quantitative estimate of drug-likeness (QED) is 0.445. The van der Waals surface area contributed by atoms with Gasteiger partial charge in [0.2, 0.25) is 15.9 Å². The molecule has 6 rings (SSSR count). The first-order valence-electron chi connectivity index (χ1n) is 14.0. The van der Waals surface area contributed by atoms with Gasteiger partial charge in [0.1, 0.15) is 16.9 Å². The fourth-order valence-electron chi connectivity index (χ4n) is 6.68. The minimum atomic E-state index is -3.20. The molecule has 4 aliphatic heterocycles. The van der Waals surface area contributed by atoms with Gasteiger partial charge >= 0.3 is 11.9 Å². The van der Waals surface area contributed by atoms with Gasteiger partial charge in [-0.1, -0.05) is 36.4 Å². The third-order valence-electron chi connectivity index (χ3n) is 8.93. The number of amides is 1. The lowest BCUT2D eigenvalue weighted by molar-refractivity contribution is -0.159.